The van der Waals surface area contributed by atoms with Gasteiger partial charge in [0, 0.05) is 22.1 Å². The molecule has 1 aliphatic rings. The lowest BCUT2D eigenvalue weighted by Crippen LogP contribution is -2.10. The zero-order chi connectivity index (χ0) is 34.5. The smallest absolute Gasteiger partial charge is 0.159 e. The van der Waals surface area contributed by atoms with Crippen LogP contribution in [0.15, 0.2) is 168 Å². The highest BCUT2D eigenvalue weighted by atomic mass is 16.3. The molecule has 0 aliphatic heterocycles. The van der Waals surface area contributed by atoms with E-state index < -0.39 is 0 Å². The first kappa shape index (κ1) is 20.8. The number of hydrogen-bond donors (Lipinski definition) is 0. The Morgan fingerprint density at radius 1 is 0.457 bits per heavy atom. The summed E-state index contributed by atoms with van der Waals surface area (Å²) in [5.41, 5.74) is 10.2. The van der Waals surface area contributed by atoms with E-state index >= 15 is 0 Å². The molecule has 8 aromatic carbocycles. The minimum atomic E-state index is -0.388. The van der Waals surface area contributed by atoms with E-state index in [2.05, 4.69) is 95.9 Å². The Hall–Kier alpha value is -6.12. The van der Waals surface area contributed by atoms with Crippen LogP contribution in [-0.2, 0) is 0 Å². The predicted molar refractivity (Wildman–Crippen MR) is 193 cm³/mol. The SMILES string of the molecule is [2H]c1c([2H])c([2H])c(-c2ccc3cc4c(cc3c2)-c2cc3cc(N(c5ccccc5)c5cccc6c5oc5ccccc56)ccc3cc2-4)c([2H])c1[2H]. The Labute approximate surface area is 273 Å². The van der Waals surface area contributed by atoms with Crippen LogP contribution < -0.4 is 4.90 Å². The molecule has 2 nitrogen and oxygen atoms in total. The molecule has 1 aliphatic carbocycles. The molecule has 1 aromatic heterocycles. The summed E-state index contributed by atoms with van der Waals surface area (Å²) in [6.45, 7) is 0. The quantitative estimate of drug-likeness (QED) is 0.203. The summed E-state index contributed by atoms with van der Waals surface area (Å²) in [7, 11) is 0. The summed E-state index contributed by atoms with van der Waals surface area (Å²) >= 11 is 0. The number of nitrogens with zero attached hydrogens (tertiary/aromatic N) is 1. The third kappa shape index (κ3) is 3.77. The molecule has 0 atom stereocenters. The summed E-state index contributed by atoms with van der Waals surface area (Å²) < 4.78 is 47.7. The second-order valence-corrected chi connectivity index (χ2v) is 11.8. The highest BCUT2D eigenvalue weighted by Crippen LogP contribution is 2.51. The molecule has 46 heavy (non-hydrogen) atoms. The molecule has 10 rings (SSSR count). The van der Waals surface area contributed by atoms with Crippen molar-refractivity contribution in [3.05, 3.63) is 164 Å². The van der Waals surface area contributed by atoms with Crippen molar-refractivity contribution in [3.8, 4) is 33.4 Å². The van der Waals surface area contributed by atoms with Gasteiger partial charge in [0.1, 0.15) is 5.58 Å². The summed E-state index contributed by atoms with van der Waals surface area (Å²) in [4.78, 5) is 2.26. The van der Waals surface area contributed by atoms with Gasteiger partial charge in [-0.05, 0) is 122 Å². The van der Waals surface area contributed by atoms with Crippen LogP contribution in [0.2, 0.25) is 0 Å². The molecule has 0 N–H and O–H groups in total. The maximum absolute atomic E-state index is 8.48. The van der Waals surface area contributed by atoms with Crippen LogP contribution in [0.1, 0.15) is 6.85 Å². The van der Waals surface area contributed by atoms with Crippen LogP contribution in [0.3, 0.4) is 0 Å². The van der Waals surface area contributed by atoms with E-state index in [9.17, 15) is 0 Å². The van der Waals surface area contributed by atoms with Crippen molar-refractivity contribution in [3.63, 3.8) is 0 Å². The number of rotatable bonds is 4. The Morgan fingerprint density at radius 3 is 1.89 bits per heavy atom. The average molecular weight is 591 g/mol. The largest absolute Gasteiger partial charge is 0.454 e. The second kappa shape index (κ2) is 9.69. The number of anilines is 3. The van der Waals surface area contributed by atoms with Crippen LogP contribution in [0.25, 0.3) is 76.9 Å². The van der Waals surface area contributed by atoms with Gasteiger partial charge in [-0.15, -0.1) is 0 Å². The molecular weight excluding hydrogens is 558 g/mol. The van der Waals surface area contributed by atoms with Crippen LogP contribution in [0.5, 0.6) is 0 Å². The first-order chi connectivity index (χ1) is 24.9. The fourth-order valence-electron chi connectivity index (χ4n) is 7.01. The minimum absolute atomic E-state index is 0.196. The second-order valence-electron chi connectivity index (χ2n) is 11.8. The third-order valence-corrected chi connectivity index (χ3v) is 9.20. The molecule has 0 radical (unpaired) electrons. The summed E-state index contributed by atoms with van der Waals surface area (Å²) in [6, 6.07) is 44.6. The molecule has 1 heterocycles. The fraction of sp³-hybridized carbons (Fsp3) is 0. The van der Waals surface area contributed by atoms with Gasteiger partial charge in [-0.3, -0.25) is 0 Å². The van der Waals surface area contributed by atoms with Crippen molar-refractivity contribution in [2.24, 2.45) is 0 Å². The van der Waals surface area contributed by atoms with Crippen molar-refractivity contribution in [1.29, 1.82) is 0 Å². The lowest BCUT2D eigenvalue weighted by molar-refractivity contribution is 0.669. The molecule has 0 bridgehead atoms. The standard InChI is InChI=1S/C44H27NO/c1-3-10-28(11-4-1)29-18-19-30-24-38-39-25-31-20-21-35(23-33(31)27-41(39)40(38)26-32(30)22-29)45(34-12-5-2-6-13-34)42-16-9-15-37-36-14-7-8-17-43(36)46-44(37)42/h1-27H/i1D,3D,4D,10D,11D. The van der Waals surface area contributed by atoms with Gasteiger partial charge < -0.3 is 9.32 Å². The number of benzene rings is 8. The highest BCUT2D eigenvalue weighted by Gasteiger charge is 2.25. The van der Waals surface area contributed by atoms with Gasteiger partial charge in [-0.1, -0.05) is 96.9 Å². The Balaban J connectivity index is 1.10. The zero-order valence-electron chi connectivity index (χ0n) is 29.6. The maximum atomic E-state index is 8.48. The van der Waals surface area contributed by atoms with Crippen LogP contribution >= 0.6 is 0 Å². The van der Waals surface area contributed by atoms with Crippen molar-refractivity contribution in [2.45, 2.75) is 0 Å². The monoisotopic (exact) mass is 590 g/mol. The maximum Gasteiger partial charge on any atom is 0.159 e. The van der Waals surface area contributed by atoms with E-state index in [0.717, 1.165) is 71.7 Å². The normalized spacial score (nSPS) is 13.4. The Morgan fingerprint density at radius 2 is 1.11 bits per heavy atom. The van der Waals surface area contributed by atoms with Gasteiger partial charge >= 0.3 is 0 Å². The van der Waals surface area contributed by atoms with Gasteiger partial charge in [0.2, 0.25) is 0 Å². The van der Waals surface area contributed by atoms with E-state index in [1.165, 1.54) is 11.1 Å². The molecule has 0 spiro atoms. The lowest BCUT2D eigenvalue weighted by Gasteiger charge is -2.28. The molecule has 0 fully saturated rings. The summed E-state index contributed by atoms with van der Waals surface area (Å²) in [5.74, 6) is 0. The molecule has 214 valence electrons. The van der Waals surface area contributed by atoms with Gasteiger partial charge in [0.25, 0.3) is 0 Å². The number of para-hydroxylation sites is 3. The number of furan rings is 1. The molecular formula is C44H27NO. The Kier molecular flexibility index (Phi) is 4.37. The minimum Gasteiger partial charge on any atom is -0.454 e. The van der Waals surface area contributed by atoms with E-state index in [1.54, 1.807) is 0 Å². The molecule has 0 saturated carbocycles. The molecule has 0 amide bonds. The van der Waals surface area contributed by atoms with Gasteiger partial charge in [-0.2, -0.15) is 0 Å². The molecule has 2 heteroatoms. The number of hydrogen-bond acceptors (Lipinski definition) is 2. The zero-order valence-corrected chi connectivity index (χ0v) is 24.6. The van der Waals surface area contributed by atoms with Crippen LogP contribution in [0.4, 0.5) is 17.1 Å². The first-order valence-electron chi connectivity index (χ1n) is 17.8. The summed E-state index contributed by atoms with van der Waals surface area (Å²) in [6.07, 6.45) is 0. The van der Waals surface area contributed by atoms with E-state index in [0.29, 0.717) is 5.56 Å². The highest BCUT2D eigenvalue weighted by molar-refractivity contribution is 6.13. The van der Waals surface area contributed by atoms with Crippen LogP contribution in [-0.4, -0.2) is 0 Å². The third-order valence-electron chi connectivity index (χ3n) is 9.20. The molecule has 0 unspecified atom stereocenters. The van der Waals surface area contributed by atoms with Crippen molar-refractivity contribution in [1.82, 2.24) is 0 Å². The predicted octanol–water partition coefficient (Wildman–Crippen LogP) is 12.7. The fourth-order valence-corrected chi connectivity index (χ4v) is 7.01. The van der Waals surface area contributed by atoms with Crippen LogP contribution in [0, 0.1) is 0 Å². The van der Waals surface area contributed by atoms with Gasteiger partial charge in [0.05, 0.1) is 12.5 Å². The van der Waals surface area contributed by atoms with E-state index in [-0.39, 0.29) is 35.8 Å². The first-order valence-corrected chi connectivity index (χ1v) is 15.3. The number of fused-ring (bicyclic) bond motifs is 9. The van der Waals surface area contributed by atoms with E-state index in [1.807, 2.05) is 42.5 Å². The average Bonchev–Trinajstić information content (AvgIpc) is 3.55. The van der Waals surface area contributed by atoms with Crippen molar-refractivity contribution in [2.75, 3.05) is 4.90 Å². The van der Waals surface area contributed by atoms with Gasteiger partial charge in [0.15, 0.2) is 5.58 Å². The Bertz CT molecular complexity index is 2900. The molecule has 9 aromatic rings. The van der Waals surface area contributed by atoms with E-state index in [4.69, 9.17) is 11.3 Å². The molecule has 0 saturated heterocycles. The van der Waals surface area contributed by atoms with Gasteiger partial charge in [-0.25, -0.2) is 0 Å². The summed E-state index contributed by atoms with van der Waals surface area (Å²) in [5, 5.41) is 6.41. The topological polar surface area (TPSA) is 16.4 Å². The van der Waals surface area contributed by atoms with Crippen molar-refractivity contribution >= 4 is 60.5 Å². The van der Waals surface area contributed by atoms with Crippen molar-refractivity contribution < 1.29 is 11.3 Å². The lowest BCUT2D eigenvalue weighted by atomic mass is 9.77.